The van der Waals surface area contributed by atoms with E-state index in [1.807, 2.05) is 6.20 Å². The molecular formula is C12H18BrN3. The Labute approximate surface area is 105 Å². The lowest BCUT2D eigenvalue weighted by atomic mass is 10.1. The summed E-state index contributed by atoms with van der Waals surface area (Å²) in [5.41, 5.74) is 1.15. The quantitative estimate of drug-likeness (QED) is 0.920. The van der Waals surface area contributed by atoms with Gasteiger partial charge >= 0.3 is 0 Å². The van der Waals surface area contributed by atoms with Crippen LogP contribution >= 0.6 is 15.9 Å². The van der Waals surface area contributed by atoms with Crippen molar-refractivity contribution in [1.82, 2.24) is 15.2 Å². The molecule has 16 heavy (non-hydrogen) atoms. The van der Waals surface area contributed by atoms with Gasteiger partial charge in [0.05, 0.1) is 5.69 Å². The molecule has 1 saturated heterocycles. The summed E-state index contributed by atoms with van der Waals surface area (Å²) in [6, 6.07) is 4.79. The van der Waals surface area contributed by atoms with Crippen LogP contribution in [0.4, 0.5) is 0 Å². The molecule has 2 rings (SSSR count). The van der Waals surface area contributed by atoms with Crippen LogP contribution in [0.5, 0.6) is 0 Å². The summed E-state index contributed by atoms with van der Waals surface area (Å²) in [7, 11) is 0. The molecule has 1 N–H and O–H groups in total. The first-order valence-electron chi connectivity index (χ1n) is 5.84. The molecule has 0 saturated carbocycles. The van der Waals surface area contributed by atoms with Crippen molar-refractivity contribution >= 4 is 15.9 Å². The van der Waals surface area contributed by atoms with Gasteiger partial charge in [-0.1, -0.05) is 6.92 Å². The van der Waals surface area contributed by atoms with Crippen molar-refractivity contribution in [2.45, 2.75) is 25.9 Å². The fourth-order valence-electron chi connectivity index (χ4n) is 2.04. The van der Waals surface area contributed by atoms with Gasteiger partial charge in [-0.15, -0.1) is 0 Å². The monoisotopic (exact) mass is 283 g/mol. The second-order valence-electron chi connectivity index (χ2n) is 4.26. The standard InChI is InChI=1S/C12H18BrN3/c1-2-11-8-16(6-5-14-11)9-12-4-3-10(13)7-15-12/h3-4,7,11,14H,2,5-6,8-9H2,1H3. The molecule has 1 aromatic rings. The van der Waals surface area contributed by atoms with Gasteiger partial charge in [0.2, 0.25) is 0 Å². The van der Waals surface area contributed by atoms with E-state index < -0.39 is 0 Å². The minimum atomic E-state index is 0.643. The van der Waals surface area contributed by atoms with Crippen LogP contribution in [0.1, 0.15) is 19.0 Å². The van der Waals surface area contributed by atoms with E-state index in [1.165, 1.54) is 6.42 Å². The highest BCUT2D eigenvalue weighted by molar-refractivity contribution is 9.10. The Bertz CT molecular complexity index is 326. The number of nitrogens with one attached hydrogen (secondary N) is 1. The predicted octanol–water partition coefficient (Wildman–Crippen LogP) is 2.03. The van der Waals surface area contributed by atoms with Gasteiger partial charge in [0.1, 0.15) is 0 Å². The van der Waals surface area contributed by atoms with E-state index in [4.69, 9.17) is 0 Å². The maximum Gasteiger partial charge on any atom is 0.0544 e. The van der Waals surface area contributed by atoms with Crippen LogP contribution in [-0.4, -0.2) is 35.6 Å². The minimum Gasteiger partial charge on any atom is -0.311 e. The molecule has 88 valence electrons. The molecule has 2 heterocycles. The molecule has 1 aliphatic heterocycles. The third-order valence-electron chi connectivity index (χ3n) is 3.01. The van der Waals surface area contributed by atoms with Crippen molar-refractivity contribution < 1.29 is 0 Å². The van der Waals surface area contributed by atoms with Crippen molar-refractivity contribution in [2.24, 2.45) is 0 Å². The lowest BCUT2D eigenvalue weighted by molar-refractivity contribution is 0.188. The maximum atomic E-state index is 4.41. The largest absolute Gasteiger partial charge is 0.311 e. The van der Waals surface area contributed by atoms with Crippen LogP contribution in [0.2, 0.25) is 0 Å². The topological polar surface area (TPSA) is 28.2 Å². The summed E-state index contributed by atoms with van der Waals surface area (Å²) >= 11 is 3.41. The Morgan fingerprint density at radius 3 is 3.12 bits per heavy atom. The molecule has 1 unspecified atom stereocenters. The van der Waals surface area contributed by atoms with Crippen molar-refractivity contribution in [1.29, 1.82) is 0 Å². The van der Waals surface area contributed by atoms with Gasteiger partial charge in [0.25, 0.3) is 0 Å². The Morgan fingerprint density at radius 2 is 2.44 bits per heavy atom. The number of hydrogen-bond donors (Lipinski definition) is 1. The molecule has 1 aromatic heterocycles. The lowest BCUT2D eigenvalue weighted by Crippen LogP contribution is -2.49. The van der Waals surface area contributed by atoms with E-state index in [2.05, 4.69) is 50.2 Å². The lowest BCUT2D eigenvalue weighted by Gasteiger charge is -2.32. The van der Waals surface area contributed by atoms with Gasteiger partial charge in [-0.25, -0.2) is 0 Å². The minimum absolute atomic E-state index is 0.643. The highest BCUT2D eigenvalue weighted by atomic mass is 79.9. The number of rotatable bonds is 3. The molecule has 0 aromatic carbocycles. The van der Waals surface area contributed by atoms with Gasteiger partial charge < -0.3 is 5.32 Å². The van der Waals surface area contributed by atoms with E-state index >= 15 is 0 Å². The summed E-state index contributed by atoms with van der Waals surface area (Å²) < 4.78 is 1.04. The van der Waals surface area contributed by atoms with E-state index in [1.54, 1.807) is 0 Å². The van der Waals surface area contributed by atoms with Crippen LogP contribution in [0.3, 0.4) is 0 Å². The fourth-order valence-corrected chi connectivity index (χ4v) is 2.27. The fraction of sp³-hybridized carbons (Fsp3) is 0.583. The maximum absolute atomic E-state index is 4.41. The molecule has 0 bridgehead atoms. The number of nitrogens with zero attached hydrogens (tertiary/aromatic N) is 2. The highest BCUT2D eigenvalue weighted by Gasteiger charge is 2.17. The average Bonchev–Trinajstić information content (AvgIpc) is 2.32. The molecule has 0 aliphatic carbocycles. The highest BCUT2D eigenvalue weighted by Crippen LogP contribution is 2.10. The average molecular weight is 284 g/mol. The van der Waals surface area contributed by atoms with Crippen LogP contribution in [-0.2, 0) is 6.54 Å². The van der Waals surface area contributed by atoms with Crippen molar-refractivity contribution in [3.05, 3.63) is 28.5 Å². The molecule has 0 radical (unpaired) electrons. The number of halogens is 1. The Kier molecular flexibility index (Phi) is 4.32. The zero-order valence-electron chi connectivity index (χ0n) is 9.62. The van der Waals surface area contributed by atoms with Gasteiger partial charge in [0.15, 0.2) is 0 Å². The summed E-state index contributed by atoms with van der Waals surface area (Å²) in [6.07, 6.45) is 3.07. The molecule has 4 heteroatoms. The smallest absolute Gasteiger partial charge is 0.0544 e. The van der Waals surface area contributed by atoms with Crippen LogP contribution in [0, 0.1) is 0 Å². The van der Waals surface area contributed by atoms with Gasteiger partial charge in [-0.05, 0) is 34.5 Å². The van der Waals surface area contributed by atoms with E-state index in [9.17, 15) is 0 Å². The SMILES string of the molecule is CCC1CN(Cc2ccc(Br)cn2)CCN1. The predicted molar refractivity (Wildman–Crippen MR) is 69.3 cm³/mol. The van der Waals surface area contributed by atoms with Crippen LogP contribution in [0.25, 0.3) is 0 Å². The van der Waals surface area contributed by atoms with Gasteiger partial charge in [-0.3, -0.25) is 9.88 Å². The van der Waals surface area contributed by atoms with E-state index in [0.29, 0.717) is 6.04 Å². The number of hydrogen-bond acceptors (Lipinski definition) is 3. The first kappa shape index (κ1) is 12.0. The molecule has 1 fully saturated rings. The normalized spacial score (nSPS) is 22.2. The zero-order chi connectivity index (χ0) is 11.4. The Morgan fingerprint density at radius 1 is 1.56 bits per heavy atom. The van der Waals surface area contributed by atoms with Gasteiger partial charge in [-0.2, -0.15) is 0 Å². The number of piperazine rings is 1. The third-order valence-corrected chi connectivity index (χ3v) is 3.48. The molecule has 0 spiro atoms. The van der Waals surface area contributed by atoms with Crippen LogP contribution < -0.4 is 5.32 Å². The first-order valence-corrected chi connectivity index (χ1v) is 6.63. The van der Waals surface area contributed by atoms with E-state index in [-0.39, 0.29) is 0 Å². The Balaban J connectivity index is 1.91. The van der Waals surface area contributed by atoms with Crippen molar-refractivity contribution in [3.63, 3.8) is 0 Å². The van der Waals surface area contributed by atoms with E-state index in [0.717, 1.165) is 36.3 Å². The third kappa shape index (κ3) is 3.27. The molecular weight excluding hydrogens is 266 g/mol. The first-order chi connectivity index (χ1) is 7.78. The summed E-state index contributed by atoms with van der Waals surface area (Å²) in [6.45, 7) is 6.54. The van der Waals surface area contributed by atoms with Crippen molar-refractivity contribution in [3.8, 4) is 0 Å². The second kappa shape index (κ2) is 5.75. The molecule has 1 aliphatic rings. The molecule has 0 amide bonds. The number of aromatic nitrogens is 1. The second-order valence-corrected chi connectivity index (χ2v) is 5.18. The van der Waals surface area contributed by atoms with Gasteiger partial charge in [0, 0.05) is 42.9 Å². The van der Waals surface area contributed by atoms with Crippen LogP contribution in [0.15, 0.2) is 22.8 Å². The number of pyridine rings is 1. The molecule has 1 atom stereocenters. The summed E-state index contributed by atoms with van der Waals surface area (Å²) in [5, 5.41) is 3.52. The Hall–Kier alpha value is -0.450. The molecule has 3 nitrogen and oxygen atoms in total. The summed E-state index contributed by atoms with van der Waals surface area (Å²) in [5.74, 6) is 0. The summed E-state index contributed by atoms with van der Waals surface area (Å²) in [4.78, 5) is 6.89. The van der Waals surface area contributed by atoms with Crippen molar-refractivity contribution in [2.75, 3.05) is 19.6 Å². The zero-order valence-corrected chi connectivity index (χ0v) is 11.2.